The van der Waals surface area contributed by atoms with Gasteiger partial charge in [0.25, 0.3) is 5.91 Å². The van der Waals surface area contributed by atoms with E-state index in [1.54, 1.807) is 0 Å². The minimum atomic E-state index is -3.77. The summed E-state index contributed by atoms with van der Waals surface area (Å²) in [7, 11) is 0. The van der Waals surface area contributed by atoms with Crippen molar-refractivity contribution in [3.8, 4) is 0 Å². The summed E-state index contributed by atoms with van der Waals surface area (Å²) < 4.78 is 40.9. The molecule has 0 radical (unpaired) electrons. The summed E-state index contributed by atoms with van der Waals surface area (Å²) in [5.74, 6) is -5.70. The van der Waals surface area contributed by atoms with Crippen LogP contribution in [-0.2, 0) is 10.7 Å². The maximum absolute atomic E-state index is 14.0. The Morgan fingerprint density at radius 2 is 1.92 bits per heavy atom. The third-order valence-electron chi connectivity index (χ3n) is 3.48. The van der Waals surface area contributed by atoms with Crippen LogP contribution in [0.2, 0.25) is 0 Å². The molecule has 2 N–H and O–H groups in total. The third kappa shape index (κ3) is 4.32. The summed E-state index contributed by atoms with van der Waals surface area (Å²) in [4.78, 5) is 15.3. The molecule has 24 heavy (non-hydrogen) atoms. The topological polar surface area (TPSA) is 62.2 Å². The molecule has 0 aliphatic rings. The second-order valence-electron chi connectivity index (χ2n) is 5.47. The van der Waals surface area contributed by atoms with Crippen LogP contribution in [0.15, 0.2) is 48.7 Å². The smallest absolute Gasteiger partial charge is 0.366 e. The fraction of sp³-hybridized carbons (Fsp3) is 0.294. The number of hydrogen-bond donors (Lipinski definition) is 2. The molecule has 0 fully saturated rings. The molecule has 4 nitrogen and oxygen atoms in total. The van der Waals surface area contributed by atoms with Crippen LogP contribution < -0.4 is 5.32 Å². The predicted molar refractivity (Wildman–Crippen MR) is 81.7 cm³/mol. The van der Waals surface area contributed by atoms with Gasteiger partial charge < -0.3 is 10.4 Å². The van der Waals surface area contributed by atoms with E-state index < -0.39 is 35.5 Å². The maximum atomic E-state index is 14.0. The fourth-order valence-corrected chi connectivity index (χ4v) is 2.19. The van der Waals surface area contributed by atoms with Gasteiger partial charge in [-0.2, -0.15) is 8.78 Å². The lowest BCUT2D eigenvalue weighted by atomic mass is 10.0. The van der Waals surface area contributed by atoms with Gasteiger partial charge in [0.1, 0.15) is 11.5 Å². The molecule has 0 unspecified atom stereocenters. The van der Waals surface area contributed by atoms with Gasteiger partial charge in [-0.25, -0.2) is 4.39 Å². The second-order valence-corrected chi connectivity index (χ2v) is 5.47. The Labute approximate surface area is 137 Å². The van der Waals surface area contributed by atoms with E-state index in [-0.39, 0.29) is 6.42 Å². The Bertz CT molecular complexity index is 678. The minimum absolute atomic E-state index is 0.00959. The highest BCUT2D eigenvalue weighted by Gasteiger charge is 2.42. The summed E-state index contributed by atoms with van der Waals surface area (Å²) in [6.07, 6.45) is 0.179. The fourth-order valence-electron chi connectivity index (χ4n) is 2.19. The zero-order valence-corrected chi connectivity index (χ0v) is 12.9. The van der Waals surface area contributed by atoms with Crippen LogP contribution >= 0.6 is 0 Å². The van der Waals surface area contributed by atoms with Crippen molar-refractivity contribution in [2.75, 3.05) is 0 Å². The number of rotatable bonds is 6. The number of benzene rings is 1. The molecule has 2 rings (SSSR count). The number of aliphatic hydroxyl groups excluding tert-OH is 1. The number of amides is 1. The Morgan fingerprint density at radius 1 is 1.25 bits per heavy atom. The standard InChI is InChI=1S/C17H17F3N2O2/c1-11(10-14(23)12-5-7-13(18)8-6-12)22-16(24)17(19,20)15-4-2-3-9-21-15/h2-9,11,14,23H,10H2,1H3,(H,22,24)/t11-,14+/m0/s1. The Balaban J connectivity index is 1.97. The van der Waals surface area contributed by atoms with Crippen molar-refractivity contribution in [1.29, 1.82) is 0 Å². The van der Waals surface area contributed by atoms with Crippen molar-refractivity contribution in [3.05, 3.63) is 65.7 Å². The second kappa shape index (κ2) is 7.44. The maximum Gasteiger partial charge on any atom is 0.366 e. The number of nitrogens with zero attached hydrogens (tertiary/aromatic N) is 1. The summed E-state index contributed by atoms with van der Waals surface area (Å²) in [5.41, 5.74) is -0.206. The molecule has 1 heterocycles. The molecule has 1 aromatic carbocycles. The van der Waals surface area contributed by atoms with Crippen LogP contribution in [-0.4, -0.2) is 22.0 Å². The Kier molecular flexibility index (Phi) is 5.56. The molecule has 1 aromatic heterocycles. The number of hydrogen-bond acceptors (Lipinski definition) is 3. The summed E-state index contributed by atoms with van der Waals surface area (Å²) in [5, 5.41) is 12.2. The lowest BCUT2D eigenvalue weighted by molar-refractivity contribution is -0.148. The largest absolute Gasteiger partial charge is 0.388 e. The van der Waals surface area contributed by atoms with Gasteiger partial charge in [0.15, 0.2) is 0 Å². The van der Waals surface area contributed by atoms with Crippen LogP contribution in [0.5, 0.6) is 0 Å². The highest BCUT2D eigenvalue weighted by Crippen LogP contribution is 2.27. The van der Waals surface area contributed by atoms with Crippen LogP contribution in [0.25, 0.3) is 0 Å². The average Bonchev–Trinajstić information content (AvgIpc) is 2.56. The molecular formula is C17H17F3N2O2. The number of aliphatic hydroxyl groups is 1. The molecule has 0 aliphatic heterocycles. The first kappa shape index (κ1) is 17.9. The number of nitrogens with one attached hydrogen (secondary N) is 1. The summed E-state index contributed by atoms with van der Waals surface area (Å²) in [6.45, 7) is 1.50. The van der Waals surface area contributed by atoms with Gasteiger partial charge in [0, 0.05) is 12.2 Å². The van der Waals surface area contributed by atoms with Gasteiger partial charge in [-0.15, -0.1) is 0 Å². The lowest BCUT2D eigenvalue weighted by Crippen LogP contribution is -2.43. The highest BCUT2D eigenvalue weighted by atomic mass is 19.3. The van der Waals surface area contributed by atoms with Crippen molar-refractivity contribution in [2.24, 2.45) is 0 Å². The molecule has 0 aliphatic carbocycles. The Morgan fingerprint density at radius 3 is 2.50 bits per heavy atom. The molecule has 128 valence electrons. The highest BCUT2D eigenvalue weighted by molar-refractivity contribution is 5.84. The number of aromatic nitrogens is 1. The van der Waals surface area contributed by atoms with E-state index in [0.717, 1.165) is 6.07 Å². The van der Waals surface area contributed by atoms with Crippen molar-refractivity contribution in [2.45, 2.75) is 31.4 Å². The van der Waals surface area contributed by atoms with Crippen LogP contribution in [0, 0.1) is 5.82 Å². The minimum Gasteiger partial charge on any atom is -0.388 e. The van der Waals surface area contributed by atoms with E-state index >= 15 is 0 Å². The van der Waals surface area contributed by atoms with Gasteiger partial charge in [0.2, 0.25) is 0 Å². The SMILES string of the molecule is C[C@@H](C[C@@H](O)c1ccc(F)cc1)NC(=O)C(F)(F)c1ccccn1. The first-order chi connectivity index (χ1) is 11.3. The van der Waals surface area contributed by atoms with Crippen molar-refractivity contribution in [3.63, 3.8) is 0 Å². The normalized spacial score (nSPS) is 14.0. The van der Waals surface area contributed by atoms with E-state index in [1.165, 1.54) is 49.5 Å². The van der Waals surface area contributed by atoms with E-state index in [4.69, 9.17) is 0 Å². The first-order valence-corrected chi connectivity index (χ1v) is 7.34. The van der Waals surface area contributed by atoms with Crippen LogP contribution in [0.1, 0.15) is 30.7 Å². The molecule has 0 saturated heterocycles. The first-order valence-electron chi connectivity index (χ1n) is 7.34. The number of carbonyl (C=O) groups is 1. The van der Waals surface area contributed by atoms with Gasteiger partial charge in [0.05, 0.1) is 6.10 Å². The third-order valence-corrected chi connectivity index (χ3v) is 3.48. The van der Waals surface area contributed by atoms with Gasteiger partial charge >= 0.3 is 5.92 Å². The molecule has 0 saturated carbocycles. The molecular weight excluding hydrogens is 321 g/mol. The van der Waals surface area contributed by atoms with Gasteiger partial charge in [-0.3, -0.25) is 9.78 Å². The van der Waals surface area contributed by atoms with Gasteiger partial charge in [-0.1, -0.05) is 18.2 Å². The van der Waals surface area contributed by atoms with Crippen LogP contribution in [0.4, 0.5) is 13.2 Å². The predicted octanol–water partition coefficient (Wildman–Crippen LogP) is 2.94. The quantitative estimate of drug-likeness (QED) is 0.851. The monoisotopic (exact) mass is 338 g/mol. The molecule has 1 amide bonds. The molecule has 7 heteroatoms. The number of alkyl halides is 2. The molecule has 0 spiro atoms. The lowest BCUT2D eigenvalue weighted by Gasteiger charge is -2.21. The number of carbonyl (C=O) groups excluding carboxylic acids is 1. The Hall–Kier alpha value is -2.41. The zero-order chi connectivity index (χ0) is 17.7. The van der Waals surface area contributed by atoms with Crippen molar-refractivity contribution in [1.82, 2.24) is 10.3 Å². The van der Waals surface area contributed by atoms with E-state index in [2.05, 4.69) is 10.3 Å². The molecule has 2 atom stereocenters. The summed E-state index contributed by atoms with van der Waals surface area (Å²) >= 11 is 0. The zero-order valence-electron chi connectivity index (χ0n) is 12.9. The average molecular weight is 338 g/mol. The van der Waals surface area contributed by atoms with Crippen molar-refractivity contribution < 1.29 is 23.1 Å². The van der Waals surface area contributed by atoms with E-state index in [1.807, 2.05) is 0 Å². The van der Waals surface area contributed by atoms with Gasteiger partial charge in [-0.05, 0) is 43.2 Å². The van der Waals surface area contributed by atoms with Crippen molar-refractivity contribution >= 4 is 5.91 Å². The van der Waals surface area contributed by atoms with Crippen LogP contribution in [0.3, 0.4) is 0 Å². The van der Waals surface area contributed by atoms with E-state index in [0.29, 0.717) is 5.56 Å². The number of halogens is 3. The van der Waals surface area contributed by atoms with E-state index in [9.17, 15) is 23.1 Å². The summed E-state index contributed by atoms with van der Waals surface area (Å²) in [6, 6.07) is 8.37. The number of pyridine rings is 1. The molecule has 2 aromatic rings. The molecule has 0 bridgehead atoms.